The van der Waals surface area contributed by atoms with Crippen molar-refractivity contribution in [2.24, 2.45) is 0 Å². The summed E-state index contributed by atoms with van der Waals surface area (Å²) in [4.78, 5) is 0. The summed E-state index contributed by atoms with van der Waals surface area (Å²) >= 11 is 1.62. The van der Waals surface area contributed by atoms with E-state index >= 15 is 0 Å². The van der Waals surface area contributed by atoms with Gasteiger partial charge in [0.05, 0.1) is 0 Å². The lowest BCUT2D eigenvalue weighted by Crippen LogP contribution is -2.28. The van der Waals surface area contributed by atoms with Crippen molar-refractivity contribution in [2.75, 3.05) is 5.75 Å². The largest absolute Gasteiger partial charge is 0.618 e. The van der Waals surface area contributed by atoms with Gasteiger partial charge >= 0.3 is 0 Å². The van der Waals surface area contributed by atoms with Gasteiger partial charge < -0.3 is 5.21 Å². The van der Waals surface area contributed by atoms with E-state index in [1.165, 1.54) is 16.7 Å². The van der Waals surface area contributed by atoms with Crippen LogP contribution in [0.2, 0.25) is 0 Å². The molecular weight excluding hydrogens is 254 g/mol. The summed E-state index contributed by atoms with van der Waals surface area (Å²) in [5.74, 6) is 0.926. The summed E-state index contributed by atoms with van der Waals surface area (Å²) in [7, 11) is 0. The molecular formula is C16H19NOS. The lowest BCUT2D eigenvalue weighted by molar-refractivity contribution is -0.645. The van der Waals surface area contributed by atoms with E-state index in [0.29, 0.717) is 0 Å². The van der Waals surface area contributed by atoms with Gasteiger partial charge in [-0.3, -0.25) is 0 Å². The Morgan fingerprint density at radius 2 is 1.79 bits per heavy atom. The molecule has 1 heterocycles. The van der Waals surface area contributed by atoms with E-state index in [0.717, 1.165) is 27.5 Å². The van der Waals surface area contributed by atoms with Crippen LogP contribution in [0.3, 0.4) is 0 Å². The number of aromatic nitrogens is 1. The van der Waals surface area contributed by atoms with Crippen LogP contribution in [-0.4, -0.2) is 5.75 Å². The number of benzene rings is 1. The predicted octanol–water partition coefficient (Wildman–Crippen LogP) is 3.58. The van der Waals surface area contributed by atoms with Gasteiger partial charge in [-0.2, -0.15) is 4.73 Å². The Bertz CT molecular complexity index is 581. The highest BCUT2D eigenvalue weighted by atomic mass is 32.2. The molecule has 0 aliphatic heterocycles. The number of pyridine rings is 1. The van der Waals surface area contributed by atoms with Gasteiger partial charge in [0.1, 0.15) is 0 Å². The molecule has 19 heavy (non-hydrogen) atoms. The molecule has 0 saturated heterocycles. The number of rotatable bonds is 4. The maximum absolute atomic E-state index is 11.7. The SMILES string of the molecule is Cc1ccc(C)c(CCSc2ccc(C)c[n+]2[O-])c1. The summed E-state index contributed by atoms with van der Waals surface area (Å²) in [6.45, 7) is 6.18. The Kier molecular flexibility index (Phi) is 4.48. The zero-order chi connectivity index (χ0) is 13.8. The first kappa shape index (κ1) is 13.9. The second-order valence-corrected chi connectivity index (χ2v) is 6.01. The first-order valence-electron chi connectivity index (χ1n) is 6.45. The molecule has 0 N–H and O–H groups in total. The quantitative estimate of drug-likeness (QED) is 0.483. The third-order valence-corrected chi connectivity index (χ3v) is 4.17. The van der Waals surface area contributed by atoms with Crippen molar-refractivity contribution in [3.05, 3.63) is 64.0 Å². The van der Waals surface area contributed by atoms with E-state index in [9.17, 15) is 5.21 Å². The van der Waals surface area contributed by atoms with Gasteiger partial charge in [0.25, 0.3) is 5.03 Å². The molecule has 0 spiro atoms. The fourth-order valence-electron chi connectivity index (χ4n) is 2.01. The van der Waals surface area contributed by atoms with Crippen molar-refractivity contribution in [2.45, 2.75) is 32.2 Å². The van der Waals surface area contributed by atoms with Crippen LogP contribution in [0.1, 0.15) is 22.3 Å². The van der Waals surface area contributed by atoms with Crippen molar-refractivity contribution < 1.29 is 4.73 Å². The van der Waals surface area contributed by atoms with Gasteiger partial charge in [-0.25, -0.2) is 0 Å². The molecule has 0 amide bonds. The Hall–Kier alpha value is -1.48. The molecule has 100 valence electrons. The van der Waals surface area contributed by atoms with Gasteiger partial charge in [-0.05, 0) is 44.4 Å². The molecule has 1 aromatic carbocycles. The average molecular weight is 273 g/mol. The van der Waals surface area contributed by atoms with E-state index in [4.69, 9.17) is 0 Å². The number of thioether (sulfide) groups is 1. The van der Waals surface area contributed by atoms with E-state index in [2.05, 4.69) is 32.0 Å². The highest BCUT2D eigenvalue weighted by Crippen LogP contribution is 2.18. The van der Waals surface area contributed by atoms with Crippen LogP contribution in [0.15, 0.2) is 41.6 Å². The minimum absolute atomic E-state index is 0.774. The Balaban J connectivity index is 1.98. The monoisotopic (exact) mass is 273 g/mol. The molecule has 2 nitrogen and oxygen atoms in total. The molecule has 2 rings (SSSR count). The average Bonchev–Trinajstić information content (AvgIpc) is 2.36. The molecule has 0 radical (unpaired) electrons. The zero-order valence-electron chi connectivity index (χ0n) is 11.6. The zero-order valence-corrected chi connectivity index (χ0v) is 12.5. The highest BCUT2D eigenvalue weighted by molar-refractivity contribution is 7.99. The fourth-order valence-corrected chi connectivity index (χ4v) is 2.89. The van der Waals surface area contributed by atoms with Gasteiger partial charge in [0.15, 0.2) is 6.20 Å². The summed E-state index contributed by atoms with van der Waals surface area (Å²) < 4.78 is 0.961. The lowest BCUT2D eigenvalue weighted by Gasteiger charge is -2.07. The van der Waals surface area contributed by atoms with Crippen LogP contribution in [0.4, 0.5) is 0 Å². The van der Waals surface area contributed by atoms with Crippen LogP contribution < -0.4 is 4.73 Å². The van der Waals surface area contributed by atoms with Crippen LogP contribution >= 0.6 is 11.8 Å². The smallest absolute Gasteiger partial charge is 0.251 e. The third-order valence-electron chi connectivity index (χ3n) is 3.15. The Morgan fingerprint density at radius 3 is 2.53 bits per heavy atom. The molecule has 2 aromatic rings. The van der Waals surface area contributed by atoms with E-state index in [-0.39, 0.29) is 0 Å². The van der Waals surface area contributed by atoms with E-state index in [1.807, 2.05) is 19.1 Å². The van der Waals surface area contributed by atoms with Crippen molar-refractivity contribution >= 4 is 11.8 Å². The lowest BCUT2D eigenvalue weighted by atomic mass is 10.0. The maximum atomic E-state index is 11.7. The van der Waals surface area contributed by atoms with Crippen molar-refractivity contribution in [1.29, 1.82) is 0 Å². The van der Waals surface area contributed by atoms with Gasteiger partial charge in [0.2, 0.25) is 0 Å². The predicted molar refractivity (Wildman–Crippen MR) is 80.5 cm³/mol. The summed E-state index contributed by atoms with van der Waals surface area (Å²) in [5, 5.41) is 12.5. The third kappa shape index (κ3) is 3.74. The maximum Gasteiger partial charge on any atom is 0.251 e. The molecule has 1 aromatic heterocycles. The van der Waals surface area contributed by atoms with Crippen molar-refractivity contribution in [3.63, 3.8) is 0 Å². The van der Waals surface area contributed by atoms with Crippen LogP contribution in [0, 0.1) is 26.0 Å². The molecule has 0 saturated carbocycles. The number of aryl methyl sites for hydroxylation is 4. The molecule has 0 aliphatic rings. The van der Waals surface area contributed by atoms with Crippen LogP contribution in [-0.2, 0) is 6.42 Å². The second kappa shape index (κ2) is 6.11. The van der Waals surface area contributed by atoms with Gasteiger partial charge in [0, 0.05) is 17.4 Å². The Morgan fingerprint density at radius 1 is 1.05 bits per heavy atom. The number of hydrogen-bond donors (Lipinski definition) is 0. The highest BCUT2D eigenvalue weighted by Gasteiger charge is 2.06. The topological polar surface area (TPSA) is 26.9 Å². The van der Waals surface area contributed by atoms with Crippen LogP contribution in [0.25, 0.3) is 0 Å². The number of nitrogens with zero attached hydrogens (tertiary/aromatic N) is 1. The molecule has 0 bridgehead atoms. The fraction of sp³-hybridized carbons (Fsp3) is 0.312. The minimum atomic E-state index is 0.774. The molecule has 0 fully saturated rings. The molecule has 3 heteroatoms. The minimum Gasteiger partial charge on any atom is -0.618 e. The van der Waals surface area contributed by atoms with E-state index in [1.54, 1.807) is 18.0 Å². The van der Waals surface area contributed by atoms with Gasteiger partial charge in [-0.1, -0.05) is 35.5 Å². The first-order chi connectivity index (χ1) is 9.06. The van der Waals surface area contributed by atoms with Crippen LogP contribution in [0.5, 0.6) is 0 Å². The van der Waals surface area contributed by atoms with Crippen molar-refractivity contribution in [1.82, 2.24) is 0 Å². The Labute approximate surface area is 119 Å². The summed E-state index contributed by atoms with van der Waals surface area (Å²) in [6.07, 6.45) is 2.62. The second-order valence-electron chi connectivity index (χ2n) is 4.90. The molecule has 0 atom stereocenters. The summed E-state index contributed by atoms with van der Waals surface area (Å²) in [5.41, 5.74) is 4.98. The molecule has 0 unspecified atom stereocenters. The van der Waals surface area contributed by atoms with E-state index < -0.39 is 0 Å². The standard InChI is InChI=1S/C16H19NOS/c1-12-4-6-14(3)15(10-12)8-9-19-16-7-5-13(2)11-17(16)18/h4-7,10-11H,8-9H2,1-3H3. The summed E-state index contributed by atoms with van der Waals surface area (Å²) in [6, 6.07) is 10.4. The number of hydrogen-bond acceptors (Lipinski definition) is 2. The van der Waals surface area contributed by atoms with Crippen molar-refractivity contribution in [3.8, 4) is 0 Å². The van der Waals surface area contributed by atoms with Gasteiger partial charge in [-0.15, -0.1) is 0 Å². The first-order valence-corrected chi connectivity index (χ1v) is 7.43. The normalized spacial score (nSPS) is 10.7. The molecule has 0 aliphatic carbocycles.